The van der Waals surface area contributed by atoms with Gasteiger partial charge in [0.15, 0.2) is 0 Å². The van der Waals surface area contributed by atoms with Crippen LogP contribution in [0.3, 0.4) is 0 Å². The second-order valence-electron chi connectivity index (χ2n) is 1.99. The first kappa shape index (κ1) is 6.78. The zero-order valence-corrected chi connectivity index (χ0v) is 5.66. The molecule has 0 heterocycles. The van der Waals surface area contributed by atoms with E-state index in [9.17, 15) is 4.79 Å². The Balaban J connectivity index is 3.14. The number of hydrogen-bond acceptors (Lipinski definition) is 2. The summed E-state index contributed by atoms with van der Waals surface area (Å²) in [5.74, 6) is 0. The number of aliphatic imine (C=N–C) groups is 1. The van der Waals surface area contributed by atoms with Crippen LogP contribution in [0.4, 0.5) is 5.69 Å². The van der Waals surface area contributed by atoms with E-state index in [4.69, 9.17) is 0 Å². The molecule has 10 heavy (non-hydrogen) atoms. The van der Waals surface area contributed by atoms with E-state index in [0.717, 1.165) is 5.46 Å². The van der Waals surface area contributed by atoms with Crippen molar-refractivity contribution in [3.8, 4) is 0 Å². The summed E-state index contributed by atoms with van der Waals surface area (Å²) in [5, 5.41) is 0. The molecule has 0 saturated carbocycles. The highest BCUT2D eigenvalue weighted by Gasteiger charge is 1.90. The van der Waals surface area contributed by atoms with Gasteiger partial charge in [-0.25, -0.2) is 4.79 Å². The summed E-state index contributed by atoms with van der Waals surface area (Å²) in [6.07, 6.45) is 1.50. The molecule has 1 aromatic carbocycles. The molecule has 0 unspecified atom stereocenters. The number of rotatable bonds is 1. The van der Waals surface area contributed by atoms with Crippen molar-refractivity contribution < 1.29 is 4.79 Å². The number of benzene rings is 1. The zero-order chi connectivity index (χ0) is 7.40. The lowest BCUT2D eigenvalue weighted by atomic mass is 9.94. The number of para-hydroxylation sites is 1. The summed E-state index contributed by atoms with van der Waals surface area (Å²) in [5.41, 5.74) is 1.68. The molecule has 2 nitrogen and oxygen atoms in total. The van der Waals surface area contributed by atoms with Gasteiger partial charge in [-0.05, 0) is 6.07 Å². The molecule has 0 spiro atoms. The van der Waals surface area contributed by atoms with Gasteiger partial charge < -0.3 is 0 Å². The topological polar surface area (TPSA) is 29.4 Å². The quantitative estimate of drug-likeness (QED) is 0.297. The normalized spacial score (nSPS) is 8.40. The molecule has 1 rings (SSSR count). The van der Waals surface area contributed by atoms with Gasteiger partial charge in [-0.2, -0.15) is 4.99 Å². The summed E-state index contributed by atoms with van der Waals surface area (Å²) in [7, 11) is 1.90. The minimum absolute atomic E-state index is 0.692. The van der Waals surface area contributed by atoms with Gasteiger partial charge in [0.1, 0.15) is 7.85 Å². The molecule has 0 aliphatic carbocycles. The Hall–Kier alpha value is -1.34. The molecule has 1 aromatic rings. The molecule has 48 valence electrons. The minimum atomic E-state index is 0.692. The van der Waals surface area contributed by atoms with Crippen molar-refractivity contribution in [2.45, 2.75) is 0 Å². The summed E-state index contributed by atoms with van der Waals surface area (Å²) < 4.78 is 0. The largest absolute Gasteiger partial charge is 0.240 e. The van der Waals surface area contributed by atoms with Crippen LogP contribution >= 0.6 is 0 Å². The van der Waals surface area contributed by atoms with Crippen LogP contribution in [0.2, 0.25) is 0 Å². The van der Waals surface area contributed by atoms with Crippen molar-refractivity contribution >= 4 is 25.1 Å². The number of nitrogens with zero attached hydrogens (tertiary/aromatic N) is 1. The van der Waals surface area contributed by atoms with E-state index in [-0.39, 0.29) is 0 Å². The van der Waals surface area contributed by atoms with Crippen molar-refractivity contribution in [3.05, 3.63) is 24.3 Å². The Morgan fingerprint density at radius 1 is 1.40 bits per heavy atom. The number of hydrogen-bond donors (Lipinski definition) is 0. The molecule has 3 heteroatoms. The number of isocyanates is 1. The molecule has 0 aromatic heterocycles. The Bertz CT molecular complexity index is 279. The van der Waals surface area contributed by atoms with Gasteiger partial charge in [0.2, 0.25) is 6.08 Å². The van der Waals surface area contributed by atoms with Gasteiger partial charge in [-0.15, -0.1) is 0 Å². The van der Waals surface area contributed by atoms with E-state index in [0.29, 0.717) is 5.69 Å². The average molecular weight is 131 g/mol. The van der Waals surface area contributed by atoms with Crippen LogP contribution in [0, 0.1) is 0 Å². The van der Waals surface area contributed by atoms with Crippen LogP contribution in [-0.4, -0.2) is 13.9 Å². The molecule has 0 amide bonds. The smallest absolute Gasteiger partial charge is 0.211 e. The molecular formula is C7H6BNO. The maximum Gasteiger partial charge on any atom is 0.240 e. The van der Waals surface area contributed by atoms with Crippen LogP contribution in [-0.2, 0) is 4.79 Å². The molecule has 0 fully saturated rings. The van der Waals surface area contributed by atoms with Crippen LogP contribution in [0.25, 0.3) is 0 Å². The van der Waals surface area contributed by atoms with E-state index >= 15 is 0 Å². The van der Waals surface area contributed by atoms with Crippen molar-refractivity contribution in [3.63, 3.8) is 0 Å². The first-order chi connectivity index (χ1) is 4.84. The third-order valence-corrected chi connectivity index (χ3v) is 1.28. The minimum Gasteiger partial charge on any atom is -0.211 e. The van der Waals surface area contributed by atoms with Gasteiger partial charge >= 0.3 is 0 Å². The Morgan fingerprint density at radius 2 is 2.10 bits per heavy atom. The van der Waals surface area contributed by atoms with Crippen molar-refractivity contribution in [2.24, 2.45) is 4.99 Å². The summed E-state index contributed by atoms with van der Waals surface area (Å²) in [4.78, 5) is 13.3. The zero-order valence-electron chi connectivity index (χ0n) is 5.66. The third kappa shape index (κ3) is 1.33. The predicted octanol–water partition coefficient (Wildman–Crippen LogP) is -0.0877. The van der Waals surface area contributed by atoms with Crippen LogP contribution in [0.15, 0.2) is 29.3 Å². The molecule has 0 aliphatic rings. The fourth-order valence-electron chi connectivity index (χ4n) is 0.738. The highest BCUT2D eigenvalue weighted by atomic mass is 16.1. The molecule has 0 atom stereocenters. The van der Waals surface area contributed by atoms with E-state index < -0.39 is 0 Å². The maximum absolute atomic E-state index is 9.83. The lowest BCUT2D eigenvalue weighted by molar-refractivity contribution is 0.565. The van der Waals surface area contributed by atoms with Gasteiger partial charge in [-0.3, -0.25) is 0 Å². The van der Waals surface area contributed by atoms with E-state index in [1.165, 1.54) is 6.08 Å². The monoisotopic (exact) mass is 131 g/mol. The molecule has 0 N–H and O–H groups in total. The van der Waals surface area contributed by atoms with E-state index in [1.54, 1.807) is 6.07 Å². The molecular weight excluding hydrogens is 125 g/mol. The molecule has 0 aliphatic heterocycles. The Kier molecular flexibility index (Phi) is 2.03. The lowest BCUT2D eigenvalue weighted by Gasteiger charge is -1.93. The van der Waals surface area contributed by atoms with Gasteiger partial charge in [0.05, 0.1) is 5.69 Å². The van der Waals surface area contributed by atoms with Crippen LogP contribution in [0.1, 0.15) is 0 Å². The van der Waals surface area contributed by atoms with Crippen molar-refractivity contribution in [2.75, 3.05) is 0 Å². The SMILES string of the molecule is Bc1ccccc1N=C=O. The summed E-state index contributed by atoms with van der Waals surface area (Å²) in [6.45, 7) is 0. The Labute approximate surface area is 60.0 Å². The highest BCUT2D eigenvalue weighted by Crippen LogP contribution is 2.03. The average Bonchev–Trinajstić information content (AvgIpc) is 1.94. The fourth-order valence-corrected chi connectivity index (χ4v) is 0.738. The second-order valence-corrected chi connectivity index (χ2v) is 1.99. The third-order valence-electron chi connectivity index (χ3n) is 1.28. The standard InChI is InChI=1S/C7H6BNO/c8-6-3-1-2-4-7(6)9-5-10/h1-4H,8H2. The number of carbonyl (C=O) groups excluding carboxylic acids is 1. The molecule has 0 saturated heterocycles. The fraction of sp³-hybridized carbons (Fsp3) is 0. The predicted molar refractivity (Wildman–Crippen MR) is 42.4 cm³/mol. The Morgan fingerprint density at radius 3 is 2.70 bits per heavy atom. The summed E-state index contributed by atoms with van der Waals surface area (Å²) in [6, 6.07) is 7.42. The maximum atomic E-state index is 9.83. The molecule has 0 bridgehead atoms. The first-order valence-electron chi connectivity index (χ1n) is 2.98. The second kappa shape index (κ2) is 2.99. The lowest BCUT2D eigenvalue weighted by Crippen LogP contribution is -2.00. The van der Waals surface area contributed by atoms with Gasteiger partial charge in [0, 0.05) is 0 Å². The van der Waals surface area contributed by atoms with Crippen molar-refractivity contribution in [1.82, 2.24) is 0 Å². The van der Waals surface area contributed by atoms with Crippen LogP contribution in [0.5, 0.6) is 0 Å². The molecule has 0 radical (unpaired) electrons. The van der Waals surface area contributed by atoms with Crippen LogP contribution < -0.4 is 5.46 Å². The van der Waals surface area contributed by atoms with Gasteiger partial charge in [-0.1, -0.05) is 23.7 Å². The van der Waals surface area contributed by atoms with Gasteiger partial charge in [0.25, 0.3) is 0 Å². The summed E-state index contributed by atoms with van der Waals surface area (Å²) >= 11 is 0. The van der Waals surface area contributed by atoms with E-state index in [2.05, 4.69) is 4.99 Å². The highest BCUT2D eigenvalue weighted by molar-refractivity contribution is 6.35. The first-order valence-corrected chi connectivity index (χ1v) is 2.98. The van der Waals surface area contributed by atoms with E-state index in [1.807, 2.05) is 26.0 Å². The van der Waals surface area contributed by atoms with Crippen molar-refractivity contribution in [1.29, 1.82) is 0 Å².